The van der Waals surface area contributed by atoms with Crippen LogP contribution in [0.4, 0.5) is 10.1 Å². The van der Waals surface area contributed by atoms with Crippen molar-refractivity contribution in [3.63, 3.8) is 0 Å². The molecule has 39 heavy (non-hydrogen) atoms. The second kappa shape index (κ2) is 12.6. The maximum absolute atomic E-state index is 14.6. The molecule has 0 radical (unpaired) electrons. The molecule has 0 unspecified atom stereocenters. The van der Waals surface area contributed by atoms with Gasteiger partial charge in [0.15, 0.2) is 0 Å². The van der Waals surface area contributed by atoms with Crippen LogP contribution in [0.3, 0.4) is 0 Å². The minimum Gasteiger partial charge on any atom is -0.352 e. The van der Waals surface area contributed by atoms with E-state index in [9.17, 15) is 22.4 Å². The normalized spacial score (nSPS) is 12.2. The summed E-state index contributed by atoms with van der Waals surface area (Å²) in [6.45, 7) is 7.84. The third-order valence-electron chi connectivity index (χ3n) is 6.23. The maximum Gasteiger partial charge on any atom is 0.264 e. The van der Waals surface area contributed by atoms with Crippen molar-refractivity contribution in [1.29, 1.82) is 0 Å². The molecular weight excluding hydrogens is 541 g/mol. The molecule has 3 aromatic carbocycles. The van der Waals surface area contributed by atoms with Gasteiger partial charge in [0.25, 0.3) is 10.0 Å². The van der Waals surface area contributed by atoms with Crippen molar-refractivity contribution in [3.05, 3.63) is 94.3 Å². The molecule has 0 saturated heterocycles. The highest BCUT2D eigenvalue weighted by Gasteiger charge is 2.33. The van der Waals surface area contributed by atoms with E-state index in [2.05, 4.69) is 5.32 Å². The number of aryl methyl sites for hydroxylation is 2. The number of carbonyl (C=O) groups is 2. The van der Waals surface area contributed by atoms with E-state index in [4.69, 9.17) is 11.6 Å². The van der Waals surface area contributed by atoms with Crippen LogP contribution in [0.15, 0.2) is 71.6 Å². The molecule has 3 rings (SSSR count). The Labute approximate surface area is 234 Å². The molecule has 3 aromatic rings. The molecule has 1 atom stereocenters. The minimum atomic E-state index is -4.22. The summed E-state index contributed by atoms with van der Waals surface area (Å²) in [5, 5.41) is 3.09. The van der Waals surface area contributed by atoms with Gasteiger partial charge in [-0.15, -0.1) is 0 Å². The third-order valence-corrected chi connectivity index (χ3v) is 8.42. The van der Waals surface area contributed by atoms with E-state index in [1.807, 2.05) is 6.92 Å². The molecule has 1 N–H and O–H groups in total. The predicted molar refractivity (Wildman–Crippen MR) is 152 cm³/mol. The summed E-state index contributed by atoms with van der Waals surface area (Å²) in [6, 6.07) is 15.7. The van der Waals surface area contributed by atoms with E-state index in [1.165, 1.54) is 48.2 Å². The van der Waals surface area contributed by atoms with Gasteiger partial charge in [-0.1, -0.05) is 53.6 Å². The minimum absolute atomic E-state index is 0.0103. The number of benzene rings is 3. The van der Waals surface area contributed by atoms with E-state index >= 15 is 0 Å². The van der Waals surface area contributed by atoms with E-state index in [-0.39, 0.29) is 28.7 Å². The van der Waals surface area contributed by atoms with Crippen molar-refractivity contribution in [2.45, 2.75) is 58.1 Å². The van der Waals surface area contributed by atoms with Crippen LogP contribution in [0.25, 0.3) is 0 Å². The number of nitrogens with zero attached hydrogens (tertiary/aromatic N) is 2. The van der Waals surface area contributed by atoms with Gasteiger partial charge in [0, 0.05) is 23.2 Å². The number of amides is 2. The molecule has 7 nitrogen and oxygen atoms in total. The van der Waals surface area contributed by atoms with Gasteiger partial charge >= 0.3 is 0 Å². The van der Waals surface area contributed by atoms with Crippen LogP contribution in [0.2, 0.25) is 5.02 Å². The molecular formula is C29H33ClFN3O4S. The SMILES string of the molecule is Cc1ccc(S(=O)(=O)N(CC(=O)N(Cc2ccccc2F)[C@@H](C)C(=O)NC(C)C)c2ccc(C)c(Cl)c2)cc1. The number of halogens is 2. The second-order valence-electron chi connectivity index (χ2n) is 9.71. The molecule has 0 saturated carbocycles. The molecule has 0 aliphatic heterocycles. The fourth-order valence-corrected chi connectivity index (χ4v) is 5.48. The maximum atomic E-state index is 14.6. The molecule has 0 aromatic heterocycles. The van der Waals surface area contributed by atoms with Gasteiger partial charge < -0.3 is 10.2 Å². The molecule has 208 valence electrons. The highest BCUT2D eigenvalue weighted by Crippen LogP contribution is 2.29. The zero-order chi connectivity index (χ0) is 28.9. The number of sulfonamides is 1. The Bertz CT molecular complexity index is 1450. The average molecular weight is 574 g/mol. The number of rotatable bonds is 10. The Morgan fingerprint density at radius 2 is 1.62 bits per heavy atom. The summed E-state index contributed by atoms with van der Waals surface area (Å²) in [6.07, 6.45) is 0. The summed E-state index contributed by atoms with van der Waals surface area (Å²) < 4.78 is 43.2. The van der Waals surface area contributed by atoms with Crippen molar-refractivity contribution in [3.8, 4) is 0 Å². The topological polar surface area (TPSA) is 86.8 Å². The van der Waals surface area contributed by atoms with Crippen molar-refractivity contribution in [1.82, 2.24) is 10.2 Å². The van der Waals surface area contributed by atoms with Crippen molar-refractivity contribution in [2.75, 3.05) is 10.8 Å². The molecule has 0 bridgehead atoms. The lowest BCUT2D eigenvalue weighted by atomic mass is 10.1. The summed E-state index contributed by atoms with van der Waals surface area (Å²) >= 11 is 6.33. The predicted octanol–water partition coefficient (Wildman–Crippen LogP) is 5.23. The lowest BCUT2D eigenvalue weighted by molar-refractivity contribution is -0.139. The standard InChI is InChI=1S/C29H33ClFN3O4S/c1-19(2)32-29(36)22(5)33(17-23-8-6-7-9-27(23)31)28(35)18-34(24-13-12-21(4)26(30)16-24)39(37,38)25-14-10-20(3)11-15-25/h6-16,19,22H,17-18H2,1-5H3,(H,32,36)/t22-/m0/s1. The largest absolute Gasteiger partial charge is 0.352 e. The fraction of sp³-hybridized carbons (Fsp3) is 0.310. The summed E-state index contributed by atoms with van der Waals surface area (Å²) in [4.78, 5) is 27.9. The highest BCUT2D eigenvalue weighted by atomic mass is 35.5. The third kappa shape index (κ3) is 7.36. The number of nitrogens with one attached hydrogen (secondary N) is 1. The Balaban J connectivity index is 2.07. The van der Waals surface area contributed by atoms with Crippen LogP contribution in [0.5, 0.6) is 0 Å². The van der Waals surface area contributed by atoms with Gasteiger partial charge in [0.1, 0.15) is 18.4 Å². The number of carbonyl (C=O) groups excluding carboxylic acids is 2. The molecule has 2 amide bonds. The lowest BCUT2D eigenvalue weighted by Crippen LogP contribution is -2.52. The van der Waals surface area contributed by atoms with E-state index in [1.54, 1.807) is 51.1 Å². The Kier molecular flexibility index (Phi) is 9.74. The fourth-order valence-electron chi connectivity index (χ4n) is 3.90. The van der Waals surface area contributed by atoms with Crippen LogP contribution in [-0.4, -0.2) is 43.8 Å². The summed E-state index contributed by atoms with van der Waals surface area (Å²) in [7, 11) is -4.22. The van der Waals surface area contributed by atoms with Crippen LogP contribution in [0, 0.1) is 19.7 Å². The summed E-state index contributed by atoms with van der Waals surface area (Å²) in [5.41, 5.74) is 1.99. The van der Waals surface area contributed by atoms with Crippen LogP contribution in [0.1, 0.15) is 37.5 Å². The molecule has 0 heterocycles. The molecule has 0 spiro atoms. The first kappa shape index (κ1) is 30.1. The highest BCUT2D eigenvalue weighted by molar-refractivity contribution is 7.92. The molecule has 0 fully saturated rings. The van der Waals surface area contributed by atoms with Crippen LogP contribution in [-0.2, 0) is 26.2 Å². The monoisotopic (exact) mass is 573 g/mol. The average Bonchev–Trinajstić information content (AvgIpc) is 2.87. The van der Waals surface area contributed by atoms with Crippen molar-refractivity contribution in [2.24, 2.45) is 0 Å². The zero-order valence-corrected chi connectivity index (χ0v) is 24.2. The van der Waals surface area contributed by atoms with Gasteiger partial charge in [0.2, 0.25) is 11.8 Å². The van der Waals surface area contributed by atoms with E-state index < -0.39 is 40.2 Å². The number of hydrogen-bond donors (Lipinski definition) is 1. The summed E-state index contributed by atoms with van der Waals surface area (Å²) in [5.74, 6) is -1.67. The van der Waals surface area contributed by atoms with Gasteiger partial charge in [0.05, 0.1) is 10.6 Å². The number of anilines is 1. The van der Waals surface area contributed by atoms with Gasteiger partial charge in [-0.2, -0.15) is 0 Å². The van der Waals surface area contributed by atoms with E-state index in [0.29, 0.717) is 5.02 Å². The Hall–Kier alpha value is -3.43. The van der Waals surface area contributed by atoms with E-state index in [0.717, 1.165) is 15.4 Å². The van der Waals surface area contributed by atoms with Crippen molar-refractivity contribution < 1.29 is 22.4 Å². The van der Waals surface area contributed by atoms with Crippen LogP contribution >= 0.6 is 11.6 Å². The molecule has 0 aliphatic rings. The Morgan fingerprint density at radius 3 is 2.21 bits per heavy atom. The first-order valence-electron chi connectivity index (χ1n) is 12.5. The quantitative estimate of drug-likeness (QED) is 0.360. The van der Waals surface area contributed by atoms with Crippen LogP contribution < -0.4 is 9.62 Å². The van der Waals surface area contributed by atoms with Gasteiger partial charge in [-0.05, 0) is 70.5 Å². The molecule has 0 aliphatic carbocycles. The van der Waals surface area contributed by atoms with Gasteiger partial charge in [-0.25, -0.2) is 12.8 Å². The Morgan fingerprint density at radius 1 is 0.974 bits per heavy atom. The number of hydrogen-bond acceptors (Lipinski definition) is 4. The second-order valence-corrected chi connectivity index (χ2v) is 12.0. The zero-order valence-electron chi connectivity index (χ0n) is 22.6. The smallest absolute Gasteiger partial charge is 0.264 e. The van der Waals surface area contributed by atoms with Crippen molar-refractivity contribution >= 4 is 39.1 Å². The van der Waals surface area contributed by atoms with Gasteiger partial charge in [-0.3, -0.25) is 13.9 Å². The first-order valence-corrected chi connectivity index (χ1v) is 14.3. The lowest BCUT2D eigenvalue weighted by Gasteiger charge is -2.32. The first-order chi connectivity index (χ1) is 18.3. The molecule has 10 heteroatoms.